The molecular formula is C16H26N4. The van der Waals surface area contributed by atoms with Gasteiger partial charge in [0.25, 0.3) is 0 Å². The van der Waals surface area contributed by atoms with E-state index in [1.54, 1.807) is 0 Å². The summed E-state index contributed by atoms with van der Waals surface area (Å²) in [5, 5.41) is 0. The highest BCUT2D eigenvalue weighted by molar-refractivity contribution is 5.58. The van der Waals surface area contributed by atoms with Crippen molar-refractivity contribution in [3.05, 3.63) is 29.3 Å². The SMILES string of the molecule is CN1CCN(C(CN)c2ccc3c(c2)CCN3C)CC1. The number of nitrogens with zero attached hydrogens (tertiary/aromatic N) is 3. The minimum atomic E-state index is 0.375. The third kappa shape index (κ3) is 2.55. The Bertz CT molecular complexity index is 466. The minimum Gasteiger partial charge on any atom is -0.374 e. The van der Waals surface area contributed by atoms with E-state index < -0.39 is 0 Å². The summed E-state index contributed by atoms with van der Waals surface area (Å²) in [6.07, 6.45) is 1.17. The molecule has 2 N–H and O–H groups in total. The normalized spacial score (nSPS) is 22.1. The first-order chi connectivity index (χ1) is 9.69. The molecule has 4 heteroatoms. The largest absolute Gasteiger partial charge is 0.374 e. The Hall–Kier alpha value is -1.10. The van der Waals surface area contributed by atoms with Gasteiger partial charge in [0.15, 0.2) is 0 Å². The Morgan fingerprint density at radius 1 is 1.10 bits per heavy atom. The second kappa shape index (κ2) is 5.72. The summed E-state index contributed by atoms with van der Waals surface area (Å²) in [6, 6.07) is 7.31. The number of fused-ring (bicyclic) bond motifs is 1. The molecule has 1 atom stereocenters. The second-order valence-electron chi connectivity index (χ2n) is 6.15. The van der Waals surface area contributed by atoms with Crippen LogP contribution in [0.4, 0.5) is 5.69 Å². The standard InChI is InChI=1S/C16H26N4/c1-18-7-9-20(10-8-18)16(12-17)13-3-4-15-14(11-13)5-6-19(15)2/h3-4,11,16H,5-10,12,17H2,1-2H3. The number of hydrogen-bond acceptors (Lipinski definition) is 4. The van der Waals surface area contributed by atoms with Crippen LogP contribution in [0, 0.1) is 0 Å². The zero-order valence-corrected chi connectivity index (χ0v) is 12.7. The van der Waals surface area contributed by atoms with E-state index in [9.17, 15) is 0 Å². The van der Waals surface area contributed by atoms with Gasteiger partial charge in [-0.2, -0.15) is 0 Å². The molecular weight excluding hydrogens is 248 g/mol. The van der Waals surface area contributed by atoms with Crippen LogP contribution in [0.15, 0.2) is 18.2 Å². The molecule has 0 spiro atoms. The Morgan fingerprint density at radius 3 is 2.55 bits per heavy atom. The monoisotopic (exact) mass is 274 g/mol. The van der Waals surface area contributed by atoms with Gasteiger partial charge in [-0.15, -0.1) is 0 Å². The van der Waals surface area contributed by atoms with Crippen LogP contribution < -0.4 is 10.6 Å². The quantitative estimate of drug-likeness (QED) is 0.889. The average molecular weight is 274 g/mol. The molecule has 0 aromatic heterocycles. The van der Waals surface area contributed by atoms with Gasteiger partial charge in [-0.25, -0.2) is 0 Å². The van der Waals surface area contributed by atoms with Crippen molar-refractivity contribution in [3.8, 4) is 0 Å². The summed E-state index contributed by atoms with van der Waals surface area (Å²) in [5.41, 5.74) is 10.3. The molecule has 1 unspecified atom stereocenters. The lowest BCUT2D eigenvalue weighted by Gasteiger charge is -2.37. The van der Waals surface area contributed by atoms with Gasteiger partial charge >= 0.3 is 0 Å². The summed E-state index contributed by atoms with van der Waals surface area (Å²) >= 11 is 0. The highest BCUT2D eigenvalue weighted by atomic mass is 15.3. The van der Waals surface area contributed by atoms with Crippen LogP contribution in [0.5, 0.6) is 0 Å². The van der Waals surface area contributed by atoms with Crippen LogP contribution in [0.1, 0.15) is 17.2 Å². The fraction of sp³-hybridized carbons (Fsp3) is 0.625. The van der Waals surface area contributed by atoms with Gasteiger partial charge in [0.05, 0.1) is 0 Å². The fourth-order valence-corrected chi connectivity index (χ4v) is 3.42. The summed E-state index contributed by atoms with van der Waals surface area (Å²) < 4.78 is 0. The molecule has 2 aliphatic heterocycles. The van der Waals surface area contributed by atoms with Crippen molar-refractivity contribution in [3.63, 3.8) is 0 Å². The van der Waals surface area contributed by atoms with E-state index in [2.05, 4.69) is 47.0 Å². The number of hydrogen-bond donors (Lipinski definition) is 1. The molecule has 3 rings (SSSR count). The van der Waals surface area contributed by atoms with Crippen molar-refractivity contribution >= 4 is 5.69 Å². The van der Waals surface area contributed by atoms with Gasteiger partial charge in [0.1, 0.15) is 0 Å². The van der Waals surface area contributed by atoms with Crippen LogP contribution in [0.3, 0.4) is 0 Å². The van der Waals surface area contributed by atoms with E-state index in [0.29, 0.717) is 12.6 Å². The number of nitrogens with two attached hydrogens (primary N) is 1. The predicted molar refractivity (Wildman–Crippen MR) is 84.3 cm³/mol. The van der Waals surface area contributed by atoms with Gasteiger partial charge in [-0.3, -0.25) is 4.90 Å². The molecule has 1 aromatic rings. The Kier molecular flexibility index (Phi) is 3.96. The van der Waals surface area contributed by atoms with E-state index >= 15 is 0 Å². The molecule has 0 amide bonds. The molecule has 1 aromatic carbocycles. The van der Waals surface area contributed by atoms with Crippen molar-refractivity contribution in [1.29, 1.82) is 0 Å². The lowest BCUT2D eigenvalue weighted by atomic mass is 10.0. The van der Waals surface area contributed by atoms with Crippen molar-refractivity contribution in [2.24, 2.45) is 5.73 Å². The summed E-state index contributed by atoms with van der Waals surface area (Å²) in [6.45, 7) is 6.37. The lowest BCUT2D eigenvalue weighted by molar-refractivity contribution is 0.114. The average Bonchev–Trinajstić information content (AvgIpc) is 2.83. The number of rotatable bonds is 3. The smallest absolute Gasteiger partial charge is 0.0471 e. The van der Waals surface area contributed by atoms with Crippen molar-refractivity contribution in [2.75, 3.05) is 58.3 Å². The van der Waals surface area contributed by atoms with Crippen LogP contribution >= 0.6 is 0 Å². The molecule has 2 aliphatic rings. The van der Waals surface area contributed by atoms with Gasteiger partial charge in [0.2, 0.25) is 0 Å². The zero-order valence-electron chi connectivity index (χ0n) is 12.7. The zero-order chi connectivity index (χ0) is 14.1. The van der Waals surface area contributed by atoms with Gasteiger partial charge in [-0.1, -0.05) is 12.1 Å². The topological polar surface area (TPSA) is 35.7 Å². The fourth-order valence-electron chi connectivity index (χ4n) is 3.42. The maximum Gasteiger partial charge on any atom is 0.0471 e. The third-order valence-corrected chi connectivity index (χ3v) is 4.82. The maximum atomic E-state index is 6.08. The Balaban J connectivity index is 1.79. The van der Waals surface area contributed by atoms with Crippen LogP contribution in [0.2, 0.25) is 0 Å². The molecule has 2 heterocycles. The number of likely N-dealkylation sites (N-methyl/N-ethyl adjacent to an activating group) is 2. The molecule has 0 saturated carbocycles. The second-order valence-corrected chi connectivity index (χ2v) is 6.15. The number of benzene rings is 1. The molecule has 110 valence electrons. The van der Waals surface area contributed by atoms with Gasteiger partial charge in [-0.05, 0) is 30.7 Å². The maximum absolute atomic E-state index is 6.08. The van der Waals surface area contributed by atoms with Crippen molar-refractivity contribution < 1.29 is 0 Å². The predicted octanol–water partition coefficient (Wildman–Crippen LogP) is 0.926. The van der Waals surface area contributed by atoms with E-state index in [0.717, 1.165) is 32.7 Å². The van der Waals surface area contributed by atoms with Crippen LogP contribution in [0.25, 0.3) is 0 Å². The van der Waals surface area contributed by atoms with Crippen LogP contribution in [-0.4, -0.2) is 63.2 Å². The van der Waals surface area contributed by atoms with E-state index in [1.165, 1.54) is 23.2 Å². The highest BCUT2D eigenvalue weighted by Gasteiger charge is 2.24. The van der Waals surface area contributed by atoms with E-state index in [-0.39, 0.29) is 0 Å². The molecule has 0 aliphatic carbocycles. The molecule has 1 saturated heterocycles. The number of piperazine rings is 1. The molecule has 1 fully saturated rings. The van der Waals surface area contributed by atoms with Gasteiger partial charge < -0.3 is 15.5 Å². The molecule has 4 nitrogen and oxygen atoms in total. The Labute approximate surface area is 122 Å². The van der Waals surface area contributed by atoms with E-state index in [1.807, 2.05) is 0 Å². The van der Waals surface area contributed by atoms with E-state index in [4.69, 9.17) is 5.73 Å². The third-order valence-electron chi connectivity index (χ3n) is 4.82. The minimum absolute atomic E-state index is 0.375. The van der Waals surface area contributed by atoms with Crippen LogP contribution in [-0.2, 0) is 6.42 Å². The van der Waals surface area contributed by atoms with Crippen molar-refractivity contribution in [2.45, 2.75) is 12.5 Å². The first-order valence-corrected chi connectivity index (χ1v) is 7.65. The molecule has 0 radical (unpaired) electrons. The highest BCUT2D eigenvalue weighted by Crippen LogP contribution is 2.31. The van der Waals surface area contributed by atoms with Crippen molar-refractivity contribution in [1.82, 2.24) is 9.80 Å². The van der Waals surface area contributed by atoms with Gasteiger partial charge in [0, 0.05) is 58.0 Å². The lowest BCUT2D eigenvalue weighted by Crippen LogP contribution is -2.47. The first kappa shape index (κ1) is 13.9. The summed E-state index contributed by atoms with van der Waals surface area (Å²) in [4.78, 5) is 7.27. The summed E-state index contributed by atoms with van der Waals surface area (Å²) in [5.74, 6) is 0. The summed E-state index contributed by atoms with van der Waals surface area (Å²) in [7, 11) is 4.37. The molecule has 20 heavy (non-hydrogen) atoms. The molecule has 0 bridgehead atoms. The Morgan fingerprint density at radius 2 is 1.85 bits per heavy atom. The first-order valence-electron chi connectivity index (χ1n) is 7.65. The number of anilines is 1.